The van der Waals surface area contributed by atoms with Crippen LogP contribution in [-0.4, -0.2) is 15.0 Å². The molecule has 0 saturated heterocycles. The fourth-order valence-corrected chi connectivity index (χ4v) is 2.03. The van der Waals surface area contributed by atoms with Crippen LogP contribution in [0.3, 0.4) is 0 Å². The van der Waals surface area contributed by atoms with Gasteiger partial charge in [-0.1, -0.05) is 34.5 Å². The Morgan fingerprint density at radius 3 is 2.39 bits per heavy atom. The van der Waals surface area contributed by atoms with Crippen LogP contribution in [-0.2, 0) is 12.1 Å². The first-order valence-electron chi connectivity index (χ1n) is 5.50. The molecule has 0 fully saturated rings. The van der Waals surface area contributed by atoms with Crippen molar-refractivity contribution in [2.24, 2.45) is 5.73 Å². The highest BCUT2D eigenvalue weighted by atomic mass is 35.5. The first-order chi connectivity index (χ1) is 8.38. The second kappa shape index (κ2) is 4.88. The lowest BCUT2D eigenvalue weighted by molar-refractivity contribution is 0.533. The topological polar surface area (TPSA) is 56.7 Å². The molecule has 1 heterocycles. The second-order valence-corrected chi connectivity index (χ2v) is 5.54. The molecule has 6 heteroatoms. The molecule has 0 atom stereocenters. The van der Waals surface area contributed by atoms with E-state index < -0.39 is 5.54 Å². The number of benzene rings is 1. The van der Waals surface area contributed by atoms with Crippen molar-refractivity contribution >= 4 is 23.2 Å². The Kier molecular flexibility index (Phi) is 3.61. The Morgan fingerprint density at radius 2 is 1.89 bits per heavy atom. The Balaban J connectivity index is 2.27. The van der Waals surface area contributed by atoms with Crippen LogP contribution in [0.5, 0.6) is 0 Å². The zero-order chi connectivity index (χ0) is 13.3. The molecule has 0 bridgehead atoms. The number of hydrogen-bond acceptors (Lipinski definition) is 3. The first-order valence-corrected chi connectivity index (χ1v) is 6.26. The van der Waals surface area contributed by atoms with Crippen molar-refractivity contribution in [3.8, 4) is 0 Å². The van der Waals surface area contributed by atoms with Gasteiger partial charge in [-0.25, -0.2) is 4.68 Å². The monoisotopic (exact) mass is 284 g/mol. The maximum absolute atomic E-state index is 6.11. The number of nitrogens with zero attached hydrogens (tertiary/aromatic N) is 3. The summed E-state index contributed by atoms with van der Waals surface area (Å²) in [6, 6.07) is 5.41. The average Bonchev–Trinajstić information content (AvgIpc) is 2.72. The lowest BCUT2D eigenvalue weighted by Gasteiger charge is -2.13. The summed E-state index contributed by atoms with van der Waals surface area (Å²) in [7, 11) is 0. The van der Waals surface area contributed by atoms with E-state index in [1.807, 2.05) is 19.9 Å². The molecule has 96 valence electrons. The van der Waals surface area contributed by atoms with E-state index in [0.717, 1.165) is 11.3 Å². The van der Waals surface area contributed by atoms with E-state index in [2.05, 4.69) is 10.3 Å². The summed E-state index contributed by atoms with van der Waals surface area (Å²) in [6.07, 6.45) is 1.81. The molecule has 0 aliphatic carbocycles. The molecule has 0 amide bonds. The second-order valence-electron chi connectivity index (χ2n) is 4.72. The third-order valence-electron chi connectivity index (χ3n) is 2.58. The quantitative estimate of drug-likeness (QED) is 0.943. The van der Waals surface area contributed by atoms with Gasteiger partial charge in [0.25, 0.3) is 0 Å². The van der Waals surface area contributed by atoms with Crippen LogP contribution in [0, 0.1) is 0 Å². The SMILES string of the molecule is CC(C)(N)c1cn(Cc2c(Cl)cccc2Cl)nn1. The van der Waals surface area contributed by atoms with Crippen molar-refractivity contribution in [1.82, 2.24) is 15.0 Å². The van der Waals surface area contributed by atoms with Crippen LogP contribution in [0.15, 0.2) is 24.4 Å². The van der Waals surface area contributed by atoms with E-state index in [9.17, 15) is 0 Å². The molecule has 0 aliphatic heterocycles. The van der Waals surface area contributed by atoms with Gasteiger partial charge in [-0.15, -0.1) is 5.10 Å². The molecule has 4 nitrogen and oxygen atoms in total. The summed E-state index contributed by atoms with van der Waals surface area (Å²) in [5.74, 6) is 0. The predicted octanol–water partition coefficient (Wildman–Crippen LogP) is 2.83. The Bertz CT molecular complexity index is 537. The number of halogens is 2. The third-order valence-corrected chi connectivity index (χ3v) is 3.29. The molecule has 1 aromatic carbocycles. The maximum atomic E-state index is 6.11. The Labute approximate surface area is 116 Å². The zero-order valence-corrected chi connectivity index (χ0v) is 11.7. The van der Waals surface area contributed by atoms with Crippen molar-refractivity contribution in [3.63, 3.8) is 0 Å². The summed E-state index contributed by atoms with van der Waals surface area (Å²) in [5.41, 5.74) is 7.00. The van der Waals surface area contributed by atoms with Gasteiger partial charge in [0, 0.05) is 15.6 Å². The van der Waals surface area contributed by atoms with Crippen LogP contribution in [0.2, 0.25) is 10.0 Å². The van der Waals surface area contributed by atoms with E-state index >= 15 is 0 Å². The molecule has 0 radical (unpaired) electrons. The highest BCUT2D eigenvalue weighted by Gasteiger charge is 2.18. The third kappa shape index (κ3) is 2.83. The van der Waals surface area contributed by atoms with Crippen molar-refractivity contribution in [2.75, 3.05) is 0 Å². The van der Waals surface area contributed by atoms with E-state index in [1.54, 1.807) is 23.0 Å². The molecule has 0 unspecified atom stereocenters. The molecule has 0 saturated carbocycles. The van der Waals surface area contributed by atoms with Crippen molar-refractivity contribution in [1.29, 1.82) is 0 Å². The minimum atomic E-state index is -0.511. The van der Waals surface area contributed by atoms with Crippen LogP contribution in [0.25, 0.3) is 0 Å². The lowest BCUT2D eigenvalue weighted by Crippen LogP contribution is -2.29. The predicted molar refractivity (Wildman–Crippen MR) is 72.8 cm³/mol. The van der Waals surface area contributed by atoms with Crippen LogP contribution in [0.1, 0.15) is 25.1 Å². The zero-order valence-electron chi connectivity index (χ0n) is 10.2. The van der Waals surface area contributed by atoms with Crippen LogP contribution >= 0.6 is 23.2 Å². The lowest BCUT2D eigenvalue weighted by atomic mass is 10.0. The number of rotatable bonds is 3. The minimum Gasteiger partial charge on any atom is -0.320 e. The molecular weight excluding hydrogens is 271 g/mol. The van der Waals surface area contributed by atoms with Crippen molar-refractivity contribution in [3.05, 3.63) is 45.7 Å². The summed E-state index contributed by atoms with van der Waals surface area (Å²) < 4.78 is 1.68. The molecule has 18 heavy (non-hydrogen) atoms. The fraction of sp³-hybridized carbons (Fsp3) is 0.333. The fourth-order valence-electron chi connectivity index (χ4n) is 1.52. The normalized spacial score (nSPS) is 11.8. The maximum Gasteiger partial charge on any atom is 0.102 e. The highest BCUT2D eigenvalue weighted by molar-refractivity contribution is 6.35. The van der Waals surface area contributed by atoms with Gasteiger partial charge < -0.3 is 5.73 Å². The first kappa shape index (κ1) is 13.3. The molecule has 2 aromatic rings. The van der Waals surface area contributed by atoms with Gasteiger partial charge in [-0.2, -0.15) is 0 Å². The summed E-state index contributed by atoms with van der Waals surface area (Å²) in [6.45, 7) is 4.23. The Morgan fingerprint density at radius 1 is 1.28 bits per heavy atom. The average molecular weight is 285 g/mol. The molecule has 1 aromatic heterocycles. The van der Waals surface area contributed by atoms with Crippen molar-refractivity contribution < 1.29 is 0 Å². The molecule has 0 aliphatic rings. The largest absolute Gasteiger partial charge is 0.320 e. The summed E-state index contributed by atoms with van der Waals surface area (Å²) in [4.78, 5) is 0. The summed E-state index contributed by atoms with van der Waals surface area (Å²) >= 11 is 12.2. The van der Waals surface area contributed by atoms with E-state index in [0.29, 0.717) is 16.6 Å². The smallest absolute Gasteiger partial charge is 0.102 e. The number of hydrogen-bond donors (Lipinski definition) is 1. The van der Waals surface area contributed by atoms with Crippen molar-refractivity contribution in [2.45, 2.75) is 25.9 Å². The molecular formula is C12H14Cl2N4. The molecule has 0 spiro atoms. The number of nitrogens with two attached hydrogens (primary N) is 1. The molecule has 2 N–H and O–H groups in total. The van der Waals surface area contributed by atoms with Gasteiger partial charge >= 0.3 is 0 Å². The molecule has 2 rings (SSSR count). The highest BCUT2D eigenvalue weighted by Crippen LogP contribution is 2.25. The summed E-state index contributed by atoms with van der Waals surface area (Å²) in [5, 5.41) is 9.31. The van der Waals surface area contributed by atoms with Gasteiger partial charge in [-0.05, 0) is 26.0 Å². The van der Waals surface area contributed by atoms with Crippen LogP contribution in [0.4, 0.5) is 0 Å². The van der Waals surface area contributed by atoms with E-state index in [1.165, 1.54) is 0 Å². The minimum absolute atomic E-state index is 0.474. The van der Waals surface area contributed by atoms with E-state index in [-0.39, 0.29) is 0 Å². The van der Waals surface area contributed by atoms with E-state index in [4.69, 9.17) is 28.9 Å². The van der Waals surface area contributed by atoms with Gasteiger partial charge in [0.1, 0.15) is 5.69 Å². The van der Waals surface area contributed by atoms with Gasteiger partial charge in [0.2, 0.25) is 0 Å². The number of aromatic nitrogens is 3. The van der Waals surface area contributed by atoms with Gasteiger partial charge in [0.05, 0.1) is 18.3 Å². The van der Waals surface area contributed by atoms with Gasteiger partial charge in [0.15, 0.2) is 0 Å². The standard InChI is InChI=1S/C12H14Cl2N4/c1-12(2,15)11-7-18(17-16-11)6-8-9(13)4-3-5-10(8)14/h3-5,7H,6,15H2,1-2H3. The van der Waals surface area contributed by atoms with Crippen LogP contribution < -0.4 is 5.73 Å². The Hall–Kier alpha value is -1.10. The van der Waals surface area contributed by atoms with Gasteiger partial charge in [-0.3, -0.25) is 0 Å².